The Morgan fingerprint density at radius 1 is 1.17 bits per heavy atom. The summed E-state index contributed by atoms with van der Waals surface area (Å²) in [5.74, 6) is -0.755. The summed E-state index contributed by atoms with van der Waals surface area (Å²) in [6.45, 7) is 4.94. The Morgan fingerprint density at radius 3 is 2.60 bits per heavy atom. The summed E-state index contributed by atoms with van der Waals surface area (Å²) in [5.41, 5.74) is 1.18. The van der Waals surface area contributed by atoms with Crippen molar-refractivity contribution in [3.63, 3.8) is 0 Å². The Kier molecular flexibility index (Phi) is 6.09. The Balaban J connectivity index is 1.49. The van der Waals surface area contributed by atoms with Gasteiger partial charge in [0.15, 0.2) is 5.60 Å². The molecule has 6 nitrogen and oxygen atoms in total. The highest BCUT2D eigenvalue weighted by atomic mass is 35.5. The molecule has 0 aliphatic carbocycles. The number of halogens is 1. The van der Waals surface area contributed by atoms with Gasteiger partial charge in [-0.25, -0.2) is 4.79 Å². The highest BCUT2D eigenvalue weighted by Gasteiger charge is 2.42. The van der Waals surface area contributed by atoms with E-state index in [1.165, 1.54) is 0 Å². The fraction of sp³-hybridized carbons (Fsp3) is 0.391. The van der Waals surface area contributed by atoms with Crippen molar-refractivity contribution in [1.29, 1.82) is 0 Å². The van der Waals surface area contributed by atoms with Crippen LogP contribution in [-0.2, 0) is 20.7 Å². The molecule has 2 aromatic rings. The molecule has 2 aliphatic heterocycles. The normalized spacial score (nSPS) is 22.7. The van der Waals surface area contributed by atoms with Gasteiger partial charge >= 0.3 is 5.97 Å². The van der Waals surface area contributed by atoms with Crippen molar-refractivity contribution >= 4 is 23.5 Å². The van der Waals surface area contributed by atoms with Gasteiger partial charge in [0.25, 0.3) is 5.91 Å². The molecule has 7 heteroatoms. The number of fused-ring (bicyclic) bond motifs is 1. The first-order valence-electron chi connectivity index (χ1n) is 10.1. The zero-order valence-corrected chi connectivity index (χ0v) is 17.7. The molecule has 2 unspecified atom stereocenters. The molecule has 2 aliphatic rings. The van der Waals surface area contributed by atoms with Gasteiger partial charge in [0, 0.05) is 31.1 Å². The molecule has 0 spiro atoms. The van der Waals surface area contributed by atoms with Crippen molar-refractivity contribution in [3.8, 4) is 0 Å². The molecule has 1 amide bonds. The van der Waals surface area contributed by atoms with E-state index in [9.17, 15) is 9.59 Å². The van der Waals surface area contributed by atoms with E-state index in [1.54, 1.807) is 19.1 Å². The highest BCUT2D eigenvalue weighted by Crippen LogP contribution is 2.29. The van der Waals surface area contributed by atoms with E-state index >= 15 is 0 Å². The number of esters is 1. The number of hydrogen-bond acceptors (Lipinski definition) is 5. The lowest BCUT2D eigenvalue weighted by atomic mass is 9.89. The maximum atomic E-state index is 13.1. The van der Waals surface area contributed by atoms with Crippen LogP contribution < -0.4 is 5.32 Å². The molecule has 4 rings (SSSR count). The van der Waals surface area contributed by atoms with Gasteiger partial charge in [0.05, 0.1) is 24.8 Å². The Labute approximate surface area is 181 Å². The monoisotopic (exact) mass is 428 g/mol. The van der Waals surface area contributed by atoms with E-state index in [4.69, 9.17) is 21.1 Å². The van der Waals surface area contributed by atoms with E-state index in [2.05, 4.69) is 10.2 Å². The minimum atomic E-state index is -1.24. The Hall–Kier alpha value is -2.41. The average molecular weight is 429 g/mol. The molecule has 0 radical (unpaired) electrons. The van der Waals surface area contributed by atoms with Crippen molar-refractivity contribution in [2.75, 3.05) is 32.8 Å². The largest absolute Gasteiger partial charge is 0.445 e. The van der Waals surface area contributed by atoms with Crippen molar-refractivity contribution in [2.24, 2.45) is 0 Å². The summed E-state index contributed by atoms with van der Waals surface area (Å²) in [6, 6.07) is 14.9. The number of morpholine rings is 1. The third-order valence-corrected chi connectivity index (χ3v) is 6.01. The highest BCUT2D eigenvalue weighted by molar-refractivity contribution is 6.30. The number of rotatable bonds is 5. The topological polar surface area (TPSA) is 67.9 Å². The van der Waals surface area contributed by atoms with Crippen molar-refractivity contribution in [2.45, 2.75) is 25.0 Å². The molecule has 1 N–H and O–H groups in total. The van der Waals surface area contributed by atoms with Crippen LogP contribution >= 0.6 is 11.6 Å². The lowest BCUT2D eigenvalue weighted by Crippen LogP contribution is -2.53. The SMILES string of the molecule is CC1(C(=O)NCC(c2ccc(Cl)cc2)N2CCOCC2)Cc2ccccc2C(=O)O1. The minimum Gasteiger partial charge on any atom is -0.445 e. The maximum absolute atomic E-state index is 13.1. The number of hydrogen-bond donors (Lipinski definition) is 1. The lowest BCUT2D eigenvalue weighted by Gasteiger charge is -2.37. The second-order valence-electron chi connectivity index (χ2n) is 7.88. The summed E-state index contributed by atoms with van der Waals surface area (Å²) >= 11 is 6.05. The molecule has 1 saturated heterocycles. The number of benzene rings is 2. The first-order valence-corrected chi connectivity index (χ1v) is 10.5. The van der Waals surface area contributed by atoms with Gasteiger partial charge in [-0.3, -0.25) is 9.69 Å². The van der Waals surface area contributed by atoms with Gasteiger partial charge in [-0.15, -0.1) is 0 Å². The molecule has 30 heavy (non-hydrogen) atoms. The van der Waals surface area contributed by atoms with E-state index < -0.39 is 11.6 Å². The van der Waals surface area contributed by atoms with Crippen LogP contribution in [0.5, 0.6) is 0 Å². The summed E-state index contributed by atoms with van der Waals surface area (Å²) in [6.07, 6.45) is 0.351. The maximum Gasteiger partial charge on any atom is 0.339 e. The second kappa shape index (κ2) is 8.76. The lowest BCUT2D eigenvalue weighted by molar-refractivity contribution is -0.140. The number of nitrogens with zero attached hydrogens (tertiary/aromatic N) is 1. The number of cyclic esters (lactones) is 1. The minimum absolute atomic E-state index is 0.0229. The van der Waals surface area contributed by atoms with Crippen LogP contribution in [0.3, 0.4) is 0 Å². The fourth-order valence-electron chi connectivity index (χ4n) is 4.07. The van der Waals surface area contributed by atoms with Crippen molar-refractivity contribution in [3.05, 3.63) is 70.2 Å². The van der Waals surface area contributed by atoms with Crippen molar-refractivity contribution in [1.82, 2.24) is 10.2 Å². The summed E-state index contributed by atoms with van der Waals surface area (Å²) in [7, 11) is 0. The quantitative estimate of drug-likeness (QED) is 0.741. The van der Waals surface area contributed by atoms with Gasteiger partial charge in [0.2, 0.25) is 0 Å². The first-order chi connectivity index (χ1) is 14.5. The number of carbonyl (C=O) groups excluding carboxylic acids is 2. The molecule has 2 heterocycles. The molecular weight excluding hydrogens is 404 g/mol. The van der Waals surface area contributed by atoms with Crippen LogP contribution in [-0.4, -0.2) is 55.2 Å². The van der Waals surface area contributed by atoms with E-state index in [-0.39, 0.29) is 11.9 Å². The molecule has 158 valence electrons. The molecule has 0 bridgehead atoms. The predicted octanol–water partition coefficient (Wildman–Crippen LogP) is 3.00. The van der Waals surface area contributed by atoms with E-state index in [0.717, 1.165) is 24.2 Å². The molecule has 0 aromatic heterocycles. The second-order valence-corrected chi connectivity index (χ2v) is 8.32. The first kappa shape index (κ1) is 20.8. The fourth-order valence-corrected chi connectivity index (χ4v) is 4.19. The van der Waals surface area contributed by atoms with E-state index in [1.807, 2.05) is 36.4 Å². The predicted molar refractivity (Wildman–Crippen MR) is 114 cm³/mol. The molecule has 2 atom stereocenters. The van der Waals surface area contributed by atoms with Crippen LogP contribution in [0.4, 0.5) is 0 Å². The average Bonchev–Trinajstić information content (AvgIpc) is 2.75. The summed E-state index contributed by atoms with van der Waals surface area (Å²) in [5, 5.41) is 3.69. The van der Waals surface area contributed by atoms with Crippen LogP contribution in [0.15, 0.2) is 48.5 Å². The third kappa shape index (κ3) is 4.36. The third-order valence-electron chi connectivity index (χ3n) is 5.76. The van der Waals surface area contributed by atoms with Gasteiger partial charge in [-0.2, -0.15) is 0 Å². The zero-order chi connectivity index (χ0) is 21.1. The Bertz CT molecular complexity index is 927. The number of nitrogens with one attached hydrogen (secondary N) is 1. The van der Waals surface area contributed by atoms with Crippen LogP contribution in [0.25, 0.3) is 0 Å². The van der Waals surface area contributed by atoms with Gasteiger partial charge in [0.1, 0.15) is 0 Å². The smallest absolute Gasteiger partial charge is 0.339 e. The molecule has 1 fully saturated rings. The van der Waals surface area contributed by atoms with Gasteiger partial charge in [-0.1, -0.05) is 41.9 Å². The number of ether oxygens (including phenoxy) is 2. The molecule has 2 aromatic carbocycles. The van der Waals surface area contributed by atoms with Crippen LogP contribution in [0.2, 0.25) is 5.02 Å². The van der Waals surface area contributed by atoms with Crippen LogP contribution in [0.1, 0.15) is 34.5 Å². The number of amides is 1. The zero-order valence-electron chi connectivity index (χ0n) is 16.9. The number of carbonyl (C=O) groups is 2. The summed E-state index contributed by atoms with van der Waals surface area (Å²) < 4.78 is 11.0. The summed E-state index contributed by atoms with van der Waals surface area (Å²) in [4.78, 5) is 27.8. The van der Waals surface area contributed by atoms with Crippen LogP contribution in [0, 0.1) is 0 Å². The molecule has 0 saturated carbocycles. The Morgan fingerprint density at radius 2 is 1.87 bits per heavy atom. The standard InChI is InChI=1S/C23H25ClN2O4/c1-23(14-17-4-2-3-5-19(17)21(27)30-23)22(28)25-15-20(26-10-12-29-13-11-26)16-6-8-18(24)9-7-16/h2-9,20H,10-15H2,1H3,(H,25,28). The van der Waals surface area contributed by atoms with Gasteiger partial charge < -0.3 is 14.8 Å². The van der Waals surface area contributed by atoms with E-state index in [0.29, 0.717) is 36.8 Å². The molecular formula is C23H25ClN2O4. The van der Waals surface area contributed by atoms with Crippen molar-refractivity contribution < 1.29 is 19.1 Å². The van der Waals surface area contributed by atoms with Gasteiger partial charge in [-0.05, 0) is 36.2 Å².